The summed E-state index contributed by atoms with van der Waals surface area (Å²) in [6, 6.07) is 0.982. The molecule has 0 atom stereocenters. The van der Waals surface area contributed by atoms with E-state index in [1.54, 1.807) is 6.92 Å². The fourth-order valence-corrected chi connectivity index (χ4v) is 1.05. The minimum Gasteiger partial charge on any atom is -0.369 e. The molecule has 0 radical (unpaired) electrons. The number of urea groups is 1. The third-order valence-electron chi connectivity index (χ3n) is 1.82. The lowest BCUT2D eigenvalue weighted by Crippen LogP contribution is -2.42. The Bertz CT molecular complexity index is 491. The SMILES string of the molecule is CCNc1ccc(N(OC(=O)C(F)(F)F)C(N)=O)nn1. The summed E-state index contributed by atoms with van der Waals surface area (Å²) < 4.78 is 36.2. The van der Waals surface area contributed by atoms with E-state index in [0.29, 0.717) is 12.4 Å². The molecule has 2 amide bonds. The number of amides is 2. The average molecular weight is 293 g/mol. The van der Waals surface area contributed by atoms with E-state index in [0.717, 1.165) is 6.07 Å². The molecule has 0 spiro atoms. The molecule has 1 rings (SSSR count). The molecular weight excluding hydrogens is 283 g/mol. The molecule has 0 saturated carbocycles. The Kier molecular flexibility index (Phi) is 4.67. The van der Waals surface area contributed by atoms with Gasteiger partial charge < -0.3 is 15.9 Å². The zero-order chi connectivity index (χ0) is 15.3. The summed E-state index contributed by atoms with van der Waals surface area (Å²) in [7, 11) is 0. The lowest BCUT2D eigenvalue weighted by atomic mass is 10.5. The van der Waals surface area contributed by atoms with E-state index in [2.05, 4.69) is 20.4 Å². The van der Waals surface area contributed by atoms with Crippen LogP contribution in [0.25, 0.3) is 0 Å². The molecule has 8 nitrogen and oxygen atoms in total. The van der Waals surface area contributed by atoms with Crippen molar-refractivity contribution in [1.82, 2.24) is 10.2 Å². The number of hydrogen-bond acceptors (Lipinski definition) is 6. The van der Waals surface area contributed by atoms with Crippen LogP contribution in [-0.2, 0) is 9.63 Å². The number of hydroxylamine groups is 1. The summed E-state index contributed by atoms with van der Waals surface area (Å²) in [6.45, 7) is 2.33. The van der Waals surface area contributed by atoms with Crippen LogP contribution in [0, 0.1) is 0 Å². The van der Waals surface area contributed by atoms with Crippen molar-refractivity contribution in [2.45, 2.75) is 13.1 Å². The molecule has 11 heteroatoms. The Morgan fingerprint density at radius 3 is 2.45 bits per heavy atom. The maximum Gasteiger partial charge on any atom is 0.493 e. The van der Waals surface area contributed by atoms with E-state index >= 15 is 0 Å². The van der Waals surface area contributed by atoms with Gasteiger partial charge in [0.2, 0.25) is 0 Å². The minimum atomic E-state index is -5.27. The van der Waals surface area contributed by atoms with Crippen molar-refractivity contribution < 1.29 is 27.6 Å². The first-order valence-electron chi connectivity index (χ1n) is 5.22. The van der Waals surface area contributed by atoms with Gasteiger partial charge in [-0.05, 0) is 19.1 Å². The maximum atomic E-state index is 12.1. The molecule has 0 aliphatic carbocycles. The van der Waals surface area contributed by atoms with Crippen LogP contribution in [0.5, 0.6) is 0 Å². The molecule has 20 heavy (non-hydrogen) atoms. The molecule has 1 aromatic rings. The topological polar surface area (TPSA) is 110 Å². The van der Waals surface area contributed by atoms with Gasteiger partial charge >= 0.3 is 18.2 Å². The van der Waals surface area contributed by atoms with Crippen molar-refractivity contribution in [3.8, 4) is 0 Å². The summed E-state index contributed by atoms with van der Waals surface area (Å²) in [6.07, 6.45) is -5.27. The standard InChI is InChI=1S/C9H10F3N5O3/c1-2-14-5-3-4-6(16-15-5)17(8(13)19)20-7(18)9(10,11)12/h3-4H,2H2,1H3,(H2,13,19)(H,14,15). The Balaban J connectivity index is 2.91. The second-order valence-electron chi connectivity index (χ2n) is 3.32. The number of anilines is 2. The predicted molar refractivity (Wildman–Crippen MR) is 60.4 cm³/mol. The third-order valence-corrected chi connectivity index (χ3v) is 1.82. The first-order valence-corrected chi connectivity index (χ1v) is 5.22. The molecule has 0 aromatic carbocycles. The van der Waals surface area contributed by atoms with Crippen LogP contribution in [-0.4, -0.2) is 34.9 Å². The second kappa shape index (κ2) is 6.04. The average Bonchev–Trinajstić information content (AvgIpc) is 2.35. The second-order valence-corrected chi connectivity index (χ2v) is 3.32. The van der Waals surface area contributed by atoms with Crippen molar-refractivity contribution in [2.24, 2.45) is 5.73 Å². The monoisotopic (exact) mass is 293 g/mol. The van der Waals surface area contributed by atoms with E-state index in [9.17, 15) is 22.8 Å². The number of halogens is 3. The van der Waals surface area contributed by atoms with Crippen LogP contribution in [0.3, 0.4) is 0 Å². The van der Waals surface area contributed by atoms with Crippen molar-refractivity contribution >= 4 is 23.6 Å². The van der Waals surface area contributed by atoms with Crippen LogP contribution in [0.2, 0.25) is 0 Å². The highest BCUT2D eigenvalue weighted by atomic mass is 19.4. The Labute approximate surface area is 110 Å². The van der Waals surface area contributed by atoms with E-state index in [1.165, 1.54) is 6.07 Å². The largest absolute Gasteiger partial charge is 0.493 e. The van der Waals surface area contributed by atoms with E-state index in [1.807, 2.05) is 0 Å². The molecule has 110 valence electrons. The molecule has 0 saturated heterocycles. The van der Waals surface area contributed by atoms with E-state index in [-0.39, 0.29) is 5.06 Å². The molecule has 1 heterocycles. The molecule has 3 N–H and O–H groups in total. The van der Waals surface area contributed by atoms with Gasteiger partial charge in [0.15, 0.2) is 5.82 Å². The summed E-state index contributed by atoms with van der Waals surface area (Å²) in [5.74, 6) is -2.74. The number of primary amides is 1. The van der Waals surface area contributed by atoms with Gasteiger partial charge in [0, 0.05) is 6.54 Å². The molecule has 1 aromatic heterocycles. The smallest absolute Gasteiger partial charge is 0.369 e. The fraction of sp³-hybridized carbons (Fsp3) is 0.333. The van der Waals surface area contributed by atoms with Crippen molar-refractivity contribution in [3.05, 3.63) is 12.1 Å². The number of carbonyl (C=O) groups excluding carboxylic acids is 2. The Morgan fingerprint density at radius 1 is 1.40 bits per heavy atom. The summed E-state index contributed by atoms with van der Waals surface area (Å²) >= 11 is 0. The van der Waals surface area contributed by atoms with Gasteiger partial charge in [-0.1, -0.05) is 5.06 Å². The first kappa shape index (κ1) is 15.5. The van der Waals surface area contributed by atoms with Gasteiger partial charge in [-0.15, -0.1) is 10.2 Å². The highest BCUT2D eigenvalue weighted by molar-refractivity contribution is 5.90. The van der Waals surface area contributed by atoms with Crippen LogP contribution in [0.15, 0.2) is 12.1 Å². The zero-order valence-corrected chi connectivity index (χ0v) is 10.1. The lowest BCUT2D eigenvalue weighted by molar-refractivity contribution is -0.199. The van der Waals surface area contributed by atoms with Crippen molar-refractivity contribution in [3.63, 3.8) is 0 Å². The van der Waals surface area contributed by atoms with Gasteiger partial charge in [0.25, 0.3) is 0 Å². The molecule has 0 aliphatic rings. The van der Waals surface area contributed by atoms with Gasteiger partial charge in [-0.25, -0.2) is 9.59 Å². The van der Waals surface area contributed by atoms with Crippen LogP contribution >= 0.6 is 0 Å². The number of nitrogens with two attached hydrogens (primary N) is 1. The Morgan fingerprint density at radius 2 is 2.05 bits per heavy atom. The number of carbonyl (C=O) groups is 2. The zero-order valence-electron chi connectivity index (χ0n) is 10.1. The normalized spacial score (nSPS) is 10.8. The fourth-order valence-electron chi connectivity index (χ4n) is 1.05. The van der Waals surface area contributed by atoms with E-state index in [4.69, 9.17) is 5.73 Å². The van der Waals surface area contributed by atoms with E-state index < -0.39 is 24.0 Å². The van der Waals surface area contributed by atoms with Crippen LogP contribution < -0.4 is 16.1 Å². The number of rotatable bonds is 3. The lowest BCUT2D eigenvalue weighted by Gasteiger charge is -2.18. The summed E-state index contributed by atoms with van der Waals surface area (Å²) in [5.41, 5.74) is 4.82. The maximum absolute atomic E-state index is 12.1. The molecule has 0 fully saturated rings. The van der Waals surface area contributed by atoms with Gasteiger partial charge in [0.1, 0.15) is 5.82 Å². The molecule has 0 aliphatic heterocycles. The third kappa shape index (κ3) is 3.96. The molecule has 0 unspecified atom stereocenters. The highest BCUT2D eigenvalue weighted by Crippen LogP contribution is 2.19. The molecular formula is C9H10F3N5O3. The first-order chi connectivity index (χ1) is 9.25. The number of hydrogen-bond donors (Lipinski definition) is 2. The van der Waals surface area contributed by atoms with Crippen molar-refractivity contribution in [1.29, 1.82) is 0 Å². The predicted octanol–water partition coefficient (Wildman–Crippen LogP) is 0.814. The van der Waals surface area contributed by atoms with Crippen LogP contribution in [0.1, 0.15) is 6.92 Å². The van der Waals surface area contributed by atoms with Crippen LogP contribution in [0.4, 0.5) is 29.6 Å². The quantitative estimate of drug-likeness (QED) is 0.798. The Hall–Kier alpha value is -2.59. The summed E-state index contributed by atoms with van der Waals surface area (Å²) in [5, 5.41) is 9.65. The van der Waals surface area contributed by atoms with Gasteiger partial charge in [-0.3, -0.25) is 0 Å². The highest BCUT2D eigenvalue weighted by Gasteiger charge is 2.43. The number of aromatic nitrogens is 2. The number of nitrogens with one attached hydrogen (secondary N) is 1. The minimum absolute atomic E-state index is 0.0987. The van der Waals surface area contributed by atoms with Gasteiger partial charge in [0.05, 0.1) is 0 Å². The molecule has 0 bridgehead atoms. The summed E-state index contributed by atoms with van der Waals surface area (Å²) in [4.78, 5) is 25.5. The number of nitrogens with zero attached hydrogens (tertiary/aromatic N) is 3. The van der Waals surface area contributed by atoms with Crippen molar-refractivity contribution in [2.75, 3.05) is 16.9 Å². The van der Waals surface area contributed by atoms with Gasteiger partial charge in [-0.2, -0.15) is 13.2 Å². The number of alkyl halides is 3.